The smallest absolute Gasteiger partial charge is 0.257 e. The Morgan fingerprint density at radius 1 is 1.12 bits per heavy atom. The zero-order valence-corrected chi connectivity index (χ0v) is 13.7. The van der Waals surface area contributed by atoms with Gasteiger partial charge in [-0.05, 0) is 43.3 Å². The van der Waals surface area contributed by atoms with Gasteiger partial charge < -0.3 is 0 Å². The van der Waals surface area contributed by atoms with Gasteiger partial charge in [-0.2, -0.15) is 0 Å². The molecule has 0 aliphatic rings. The first-order chi connectivity index (χ1) is 11.7. The van der Waals surface area contributed by atoms with Gasteiger partial charge in [0.1, 0.15) is 6.33 Å². The number of benzene rings is 2. The van der Waals surface area contributed by atoms with Gasteiger partial charge in [-0.15, -0.1) is 11.3 Å². The number of hydrogen-bond acceptors (Lipinski definition) is 4. The van der Waals surface area contributed by atoms with Crippen LogP contribution in [-0.4, -0.2) is 20.4 Å². The Balaban J connectivity index is 1.59. The Morgan fingerprint density at radius 2 is 1.92 bits per heavy atom. The lowest BCUT2D eigenvalue weighted by atomic mass is 10.2. The number of hydrogen-bond donors (Lipinski definition) is 1. The van der Waals surface area contributed by atoms with Crippen molar-refractivity contribution in [2.24, 2.45) is 0 Å². The van der Waals surface area contributed by atoms with Gasteiger partial charge in [0.25, 0.3) is 5.91 Å². The molecular weight excluding hydrogens is 320 g/mol. The van der Waals surface area contributed by atoms with E-state index in [1.165, 1.54) is 11.3 Å². The molecule has 5 nitrogen and oxygen atoms in total. The molecule has 2 aromatic carbocycles. The van der Waals surface area contributed by atoms with Crippen molar-refractivity contribution in [1.82, 2.24) is 14.5 Å². The summed E-state index contributed by atoms with van der Waals surface area (Å²) in [5, 5.41) is 5.33. The fourth-order valence-electron chi connectivity index (χ4n) is 2.52. The molecule has 118 valence electrons. The molecule has 0 bridgehead atoms. The molecule has 6 heteroatoms. The maximum atomic E-state index is 12.3. The molecule has 4 aromatic rings. The number of carbonyl (C=O) groups is 1. The molecule has 2 heterocycles. The number of amides is 1. The van der Waals surface area contributed by atoms with Gasteiger partial charge >= 0.3 is 0 Å². The molecule has 0 aliphatic heterocycles. The predicted molar refractivity (Wildman–Crippen MR) is 95.9 cm³/mol. The molecule has 24 heavy (non-hydrogen) atoms. The molecule has 1 N–H and O–H groups in total. The van der Waals surface area contributed by atoms with E-state index >= 15 is 0 Å². The molecule has 4 rings (SSSR count). The highest BCUT2D eigenvalue weighted by Gasteiger charge is 2.09. The van der Waals surface area contributed by atoms with Crippen LogP contribution in [0.4, 0.5) is 5.13 Å². The number of nitrogens with zero attached hydrogens (tertiary/aromatic N) is 3. The number of thiazole rings is 1. The SMILES string of the molecule is Cc1csc(NC(=O)c2ccc(-n3cnc4ccccc43)cc2)n1. The minimum Gasteiger partial charge on any atom is -0.299 e. The van der Waals surface area contributed by atoms with E-state index < -0.39 is 0 Å². The highest BCUT2D eigenvalue weighted by Crippen LogP contribution is 2.19. The third kappa shape index (κ3) is 2.68. The van der Waals surface area contributed by atoms with Gasteiger partial charge in [0.15, 0.2) is 5.13 Å². The quantitative estimate of drug-likeness (QED) is 0.615. The highest BCUT2D eigenvalue weighted by molar-refractivity contribution is 7.13. The Morgan fingerprint density at radius 3 is 2.67 bits per heavy atom. The summed E-state index contributed by atoms with van der Waals surface area (Å²) in [4.78, 5) is 20.9. The lowest BCUT2D eigenvalue weighted by Gasteiger charge is -2.06. The van der Waals surface area contributed by atoms with Crippen LogP contribution in [0.15, 0.2) is 60.2 Å². The second-order valence-electron chi connectivity index (χ2n) is 5.40. The normalized spacial score (nSPS) is 10.9. The second-order valence-corrected chi connectivity index (χ2v) is 6.26. The van der Waals surface area contributed by atoms with E-state index in [1.54, 1.807) is 18.5 Å². The number of nitrogens with one attached hydrogen (secondary N) is 1. The fraction of sp³-hybridized carbons (Fsp3) is 0.0556. The highest BCUT2D eigenvalue weighted by atomic mass is 32.1. The summed E-state index contributed by atoms with van der Waals surface area (Å²) in [6.45, 7) is 1.90. The van der Waals surface area contributed by atoms with Crippen LogP contribution in [-0.2, 0) is 0 Å². The van der Waals surface area contributed by atoms with Gasteiger partial charge in [-0.1, -0.05) is 12.1 Å². The Labute approximate surface area is 142 Å². The molecule has 0 fully saturated rings. The van der Waals surface area contributed by atoms with Crippen LogP contribution >= 0.6 is 11.3 Å². The summed E-state index contributed by atoms with van der Waals surface area (Å²) >= 11 is 1.42. The van der Waals surface area contributed by atoms with Gasteiger partial charge in [0, 0.05) is 16.6 Å². The van der Waals surface area contributed by atoms with E-state index in [0.717, 1.165) is 22.4 Å². The zero-order valence-electron chi connectivity index (χ0n) is 12.9. The first-order valence-corrected chi connectivity index (χ1v) is 8.35. The maximum absolute atomic E-state index is 12.3. The zero-order chi connectivity index (χ0) is 16.5. The van der Waals surface area contributed by atoms with Crippen LogP contribution in [0, 0.1) is 6.92 Å². The van der Waals surface area contributed by atoms with Crippen molar-refractivity contribution in [2.45, 2.75) is 6.92 Å². The van der Waals surface area contributed by atoms with Crippen LogP contribution in [0.5, 0.6) is 0 Å². The van der Waals surface area contributed by atoms with Gasteiger partial charge in [-0.25, -0.2) is 9.97 Å². The molecular formula is C18H14N4OS. The molecule has 0 saturated heterocycles. The van der Waals surface area contributed by atoms with Crippen LogP contribution in [0.25, 0.3) is 16.7 Å². The summed E-state index contributed by atoms with van der Waals surface area (Å²) < 4.78 is 2.00. The van der Waals surface area contributed by atoms with Crippen molar-refractivity contribution in [3.8, 4) is 5.69 Å². The first-order valence-electron chi connectivity index (χ1n) is 7.47. The van der Waals surface area contributed by atoms with Crippen molar-refractivity contribution >= 4 is 33.4 Å². The van der Waals surface area contributed by atoms with E-state index in [2.05, 4.69) is 15.3 Å². The molecule has 0 aliphatic carbocycles. The summed E-state index contributed by atoms with van der Waals surface area (Å²) in [6.07, 6.45) is 1.79. The van der Waals surface area contributed by atoms with Crippen molar-refractivity contribution in [2.75, 3.05) is 5.32 Å². The molecule has 0 atom stereocenters. The Bertz CT molecular complexity index is 1020. The third-order valence-electron chi connectivity index (χ3n) is 3.70. The molecule has 0 saturated carbocycles. The second kappa shape index (κ2) is 5.90. The van der Waals surface area contributed by atoms with Crippen molar-refractivity contribution in [3.05, 3.63) is 71.5 Å². The van der Waals surface area contributed by atoms with E-state index in [0.29, 0.717) is 10.7 Å². The number of fused-ring (bicyclic) bond motifs is 1. The van der Waals surface area contributed by atoms with E-state index in [9.17, 15) is 4.79 Å². The number of anilines is 1. The van der Waals surface area contributed by atoms with E-state index in [1.807, 2.05) is 53.3 Å². The van der Waals surface area contributed by atoms with Crippen LogP contribution < -0.4 is 5.32 Å². The number of carbonyl (C=O) groups excluding carboxylic acids is 1. The van der Waals surface area contributed by atoms with E-state index in [-0.39, 0.29) is 5.91 Å². The number of aryl methyl sites for hydroxylation is 1. The third-order valence-corrected chi connectivity index (χ3v) is 4.58. The van der Waals surface area contributed by atoms with Crippen molar-refractivity contribution in [3.63, 3.8) is 0 Å². The maximum Gasteiger partial charge on any atom is 0.257 e. The minimum atomic E-state index is -0.161. The first kappa shape index (κ1) is 14.6. The lowest BCUT2D eigenvalue weighted by Crippen LogP contribution is -2.11. The van der Waals surface area contributed by atoms with Crippen LogP contribution in [0.2, 0.25) is 0 Å². The number of imidazole rings is 1. The number of para-hydroxylation sites is 2. The molecule has 0 radical (unpaired) electrons. The average molecular weight is 334 g/mol. The lowest BCUT2D eigenvalue weighted by molar-refractivity contribution is 0.102. The van der Waals surface area contributed by atoms with Crippen molar-refractivity contribution < 1.29 is 4.79 Å². The molecule has 0 spiro atoms. The van der Waals surface area contributed by atoms with Gasteiger partial charge in [0.2, 0.25) is 0 Å². The monoisotopic (exact) mass is 334 g/mol. The average Bonchev–Trinajstić information content (AvgIpc) is 3.21. The molecule has 2 aromatic heterocycles. The van der Waals surface area contributed by atoms with Gasteiger partial charge in [0.05, 0.1) is 16.7 Å². The largest absolute Gasteiger partial charge is 0.299 e. The van der Waals surface area contributed by atoms with E-state index in [4.69, 9.17) is 0 Å². The predicted octanol–water partition coefficient (Wildman–Crippen LogP) is 4.04. The molecule has 0 unspecified atom stereocenters. The summed E-state index contributed by atoms with van der Waals surface area (Å²) in [6, 6.07) is 15.4. The summed E-state index contributed by atoms with van der Waals surface area (Å²) in [5.41, 5.74) is 4.44. The summed E-state index contributed by atoms with van der Waals surface area (Å²) in [7, 11) is 0. The Hall–Kier alpha value is -2.99. The minimum absolute atomic E-state index is 0.161. The molecule has 1 amide bonds. The number of aromatic nitrogens is 3. The van der Waals surface area contributed by atoms with Crippen LogP contribution in [0.3, 0.4) is 0 Å². The topological polar surface area (TPSA) is 59.8 Å². The van der Waals surface area contributed by atoms with Gasteiger partial charge in [-0.3, -0.25) is 14.7 Å². The standard InChI is InChI=1S/C18H14N4OS/c1-12-10-24-18(20-12)21-17(23)13-6-8-14(9-7-13)22-11-19-15-4-2-3-5-16(15)22/h2-11H,1H3,(H,20,21,23). The summed E-state index contributed by atoms with van der Waals surface area (Å²) in [5.74, 6) is -0.161. The number of rotatable bonds is 3. The fourth-order valence-corrected chi connectivity index (χ4v) is 3.20. The van der Waals surface area contributed by atoms with Crippen LogP contribution in [0.1, 0.15) is 16.1 Å². The van der Waals surface area contributed by atoms with Crippen molar-refractivity contribution in [1.29, 1.82) is 0 Å². The Kier molecular flexibility index (Phi) is 3.59.